The zero-order valence-electron chi connectivity index (χ0n) is 8.99. The third-order valence-corrected chi connectivity index (χ3v) is 2.91. The van der Waals surface area contributed by atoms with Gasteiger partial charge in [0.15, 0.2) is 0 Å². The average molecular weight is 249 g/mol. The second kappa shape index (κ2) is 5.11. The van der Waals surface area contributed by atoms with E-state index in [-0.39, 0.29) is 5.82 Å². The molecule has 0 fully saturated rings. The normalized spacial score (nSPS) is 10.2. The average Bonchev–Trinajstić information content (AvgIpc) is 2.35. The van der Waals surface area contributed by atoms with E-state index in [9.17, 15) is 9.18 Å². The number of hydrogen-bond acceptors (Lipinski definition) is 1. The van der Waals surface area contributed by atoms with Crippen LogP contribution in [-0.2, 0) is 6.42 Å². The smallest absolute Gasteiger partial charge is 0.150 e. The number of carbonyl (C=O) groups excluding carboxylic acids is 1. The molecule has 0 saturated heterocycles. The molecule has 0 aliphatic carbocycles. The fraction of sp³-hybridized carbons (Fsp3) is 0.0714. The lowest BCUT2D eigenvalue weighted by Crippen LogP contribution is -1.94. The molecule has 86 valence electrons. The van der Waals surface area contributed by atoms with Crippen LogP contribution in [-0.4, -0.2) is 6.29 Å². The van der Waals surface area contributed by atoms with Crippen molar-refractivity contribution in [3.05, 3.63) is 70.0 Å². The summed E-state index contributed by atoms with van der Waals surface area (Å²) in [5.41, 5.74) is 2.00. The third kappa shape index (κ3) is 2.71. The van der Waals surface area contributed by atoms with Gasteiger partial charge in [0, 0.05) is 22.6 Å². The van der Waals surface area contributed by atoms with E-state index in [4.69, 9.17) is 11.6 Å². The third-order valence-electron chi connectivity index (χ3n) is 2.56. The van der Waals surface area contributed by atoms with Gasteiger partial charge in [-0.3, -0.25) is 4.79 Å². The van der Waals surface area contributed by atoms with E-state index in [1.165, 1.54) is 6.07 Å². The summed E-state index contributed by atoms with van der Waals surface area (Å²) in [7, 11) is 0. The van der Waals surface area contributed by atoms with Crippen molar-refractivity contribution in [1.82, 2.24) is 0 Å². The first-order chi connectivity index (χ1) is 8.20. The zero-order valence-corrected chi connectivity index (χ0v) is 9.75. The molecule has 0 amide bonds. The van der Waals surface area contributed by atoms with E-state index in [0.717, 1.165) is 11.8 Å². The monoisotopic (exact) mass is 248 g/mol. The Labute approximate surface area is 104 Å². The summed E-state index contributed by atoms with van der Waals surface area (Å²) in [6.07, 6.45) is 1.20. The zero-order chi connectivity index (χ0) is 12.3. The first-order valence-corrected chi connectivity index (χ1v) is 5.55. The van der Waals surface area contributed by atoms with Gasteiger partial charge in [0.1, 0.15) is 12.1 Å². The maximum absolute atomic E-state index is 13.5. The minimum Gasteiger partial charge on any atom is -0.298 e. The van der Waals surface area contributed by atoms with Gasteiger partial charge >= 0.3 is 0 Å². The van der Waals surface area contributed by atoms with Gasteiger partial charge in [0.25, 0.3) is 0 Å². The van der Waals surface area contributed by atoms with Crippen molar-refractivity contribution in [2.45, 2.75) is 6.42 Å². The van der Waals surface area contributed by atoms with Gasteiger partial charge in [-0.05, 0) is 17.7 Å². The Kier molecular flexibility index (Phi) is 3.55. The van der Waals surface area contributed by atoms with Gasteiger partial charge in [-0.15, -0.1) is 0 Å². The Hall–Kier alpha value is -1.67. The van der Waals surface area contributed by atoms with Gasteiger partial charge in [0.2, 0.25) is 0 Å². The number of carbonyl (C=O) groups is 1. The molecule has 2 aromatic rings. The lowest BCUT2D eigenvalue weighted by Gasteiger charge is -2.06. The Morgan fingerprint density at radius 2 is 1.82 bits per heavy atom. The van der Waals surface area contributed by atoms with Crippen LogP contribution in [0.5, 0.6) is 0 Å². The minimum absolute atomic E-state index is 0.308. The fourth-order valence-electron chi connectivity index (χ4n) is 1.62. The maximum atomic E-state index is 13.5. The standard InChI is InChI=1S/C14H10ClFO/c15-13-2-1-3-14(16)12(13)8-10-4-6-11(9-17)7-5-10/h1-7,9H,8H2. The summed E-state index contributed by atoms with van der Waals surface area (Å²) in [5.74, 6) is -0.308. The van der Waals surface area contributed by atoms with Crippen molar-refractivity contribution in [1.29, 1.82) is 0 Å². The molecule has 0 saturated carbocycles. The van der Waals surface area contributed by atoms with Crippen LogP contribution >= 0.6 is 11.6 Å². The van der Waals surface area contributed by atoms with E-state index < -0.39 is 0 Å². The van der Waals surface area contributed by atoms with Gasteiger partial charge in [-0.2, -0.15) is 0 Å². The molecule has 0 unspecified atom stereocenters. The molecular weight excluding hydrogens is 239 g/mol. The molecule has 0 N–H and O–H groups in total. The lowest BCUT2D eigenvalue weighted by atomic mass is 10.0. The number of halogens is 2. The highest BCUT2D eigenvalue weighted by molar-refractivity contribution is 6.31. The molecule has 0 atom stereocenters. The Bertz CT molecular complexity index is 514. The van der Waals surface area contributed by atoms with E-state index in [1.54, 1.807) is 36.4 Å². The number of aldehydes is 1. The summed E-state index contributed by atoms with van der Waals surface area (Å²) in [4.78, 5) is 10.5. The first kappa shape index (κ1) is 11.8. The molecule has 1 nitrogen and oxygen atoms in total. The van der Waals surface area contributed by atoms with Gasteiger partial charge in [-0.1, -0.05) is 41.9 Å². The molecular formula is C14H10ClFO. The van der Waals surface area contributed by atoms with Gasteiger partial charge in [0.05, 0.1) is 0 Å². The van der Waals surface area contributed by atoms with Crippen molar-refractivity contribution in [3.63, 3.8) is 0 Å². The summed E-state index contributed by atoms with van der Waals surface area (Å²) in [6.45, 7) is 0. The minimum atomic E-state index is -0.308. The van der Waals surface area contributed by atoms with Crippen LogP contribution in [0.15, 0.2) is 42.5 Å². The largest absolute Gasteiger partial charge is 0.298 e. The van der Waals surface area contributed by atoms with Crippen molar-refractivity contribution in [2.75, 3.05) is 0 Å². The van der Waals surface area contributed by atoms with Crippen LogP contribution in [0, 0.1) is 5.82 Å². The highest BCUT2D eigenvalue weighted by atomic mass is 35.5. The molecule has 3 heteroatoms. The molecule has 0 aliphatic heterocycles. The molecule has 0 spiro atoms. The van der Waals surface area contributed by atoms with Crippen molar-refractivity contribution in [3.8, 4) is 0 Å². The maximum Gasteiger partial charge on any atom is 0.150 e. The Balaban J connectivity index is 2.28. The van der Waals surface area contributed by atoms with Crippen LogP contribution in [0.25, 0.3) is 0 Å². The Morgan fingerprint density at radius 3 is 2.41 bits per heavy atom. The summed E-state index contributed by atoms with van der Waals surface area (Å²) >= 11 is 5.94. The number of hydrogen-bond donors (Lipinski definition) is 0. The van der Waals surface area contributed by atoms with Crippen LogP contribution < -0.4 is 0 Å². The number of benzene rings is 2. The summed E-state index contributed by atoms with van der Waals surface area (Å²) < 4.78 is 13.5. The highest BCUT2D eigenvalue weighted by Crippen LogP contribution is 2.22. The lowest BCUT2D eigenvalue weighted by molar-refractivity contribution is 0.112. The van der Waals surface area contributed by atoms with E-state index >= 15 is 0 Å². The number of rotatable bonds is 3. The molecule has 17 heavy (non-hydrogen) atoms. The summed E-state index contributed by atoms with van der Waals surface area (Å²) in [6, 6.07) is 11.6. The first-order valence-electron chi connectivity index (χ1n) is 5.17. The van der Waals surface area contributed by atoms with Crippen molar-refractivity contribution in [2.24, 2.45) is 0 Å². The van der Waals surface area contributed by atoms with E-state index in [2.05, 4.69) is 0 Å². The fourth-order valence-corrected chi connectivity index (χ4v) is 1.85. The van der Waals surface area contributed by atoms with E-state index in [0.29, 0.717) is 22.6 Å². The molecule has 2 aromatic carbocycles. The van der Waals surface area contributed by atoms with Crippen LogP contribution in [0.4, 0.5) is 4.39 Å². The van der Waals surface area contributed by atoms with Gasteiger partial charge < -0.3 is 0 Å². The van der Waals surface area contributed by atoms with Crippen molar-refractivity contribution >= 4 is 17.9 Å². The topological polar surface area (TPSA) is 17.1 Å². The molecule has 0 aromatic heterocycles. The molecule has 0 radical (unpaired) electrons. The van der Waals surface area contributed by atoms with E-state index in [1.807, 2.05) is 0 Å². The second-order valence-corrected chi connectivity index (χ2v) is 4.14. The predicted molar refractivity (Wildman–Crippen MR) is 66.0 cm³/mol. The molecule has 0 heterocycles. The van der Waals surface area contributed by atoms with Crippen LogP contribution in [0.1, 0.15) is 21.5 Å². The predicted octanol–water partition coefficient (Wildman–Crippen LogP) is 3.88. The molecule has 2 rings (SSSR count). The van der Waals surface area contributed by atoms with Crippen LogP contribution in [0.3, 0.4) is 0 Å². The Morgan fingerprint density at radius 1 is 1.12 bits per heavy atom. The second-order valence-electron chi connectivity index (χ2n) is 3.74. The molecule has 0 aliphatic rings. The van der Waals surface area contributed by atoms with Crippen LogP contribution in [0.2, 0.25) is 5.02 Å². The van der Waals surface area contributed by atoms with Gasteiger partial charge in [-0.25, -0.2) is 4.39 Å². The molecule has 0 bridgehead atoms. The van der Waals surface area contributed by atoms with Crippen molar-refractivity contribution < 1.29 is 9.18 Å². The summed E-state index contributed by atoms with van der Waals surface area (Å²) in [5, 5.41) is 0.421. The SMILES string of the molecule is O=Cc1ccc(Cc2c(F)cccc2Cl)cc1. The quantitative estimate of drug-likeness (QED) is 0.754. The highest BCUT2D eigenvalue weighted by Gasteiger charge is 2.07.